The van der Waals surface area contributed by atoms with Crippen molar-refractivity contribution in [2.24, 2.45) is 5.73 Å². The summed E-state index contributed by atoms with van der Waals surface area (Å²) in [5.74, 6) is -1.04. The third-order valence-corrected chi connectivity index (χ3v) is 4.72. The lowest BCUT2D eigenvalue weighted by atomic mass is 10.1. The average molecular weight is 372 g/mol. The van der Waals surface area contributed by atoms with E-state index in [2.05, 4.69) is 20.7 Å². The molecule has 27 heavy (non-hydrogen) atoms. The van der Waals surface area contributed by atoms with Crippen molar-refractivity contribution in [3.05, 3.63) is 44.6 Å². The Morgan fingerprint density at radius 1 is 1.37 bits per heavy atom. The highest BCUT2D eigenvalue weighted by Crippen LogP contribution is 2.20. The number of rotatable bonds is 5. The molecule has 3 heterocycles. The van der Waals surface area contributed by atoms with Crippen molar-refractivity contribution in [3.8, 4) is 0 Å². The molecule has 0 fully saturated rings. The highest BCUT2D eigenvalue weighted by Gasteiger charge is 2.18. The van der Waals surface area contributed by atoms with Gasteiger partial charge < -0.3 is 21.4 Å². The number of nitrogens with one attached hydrogen (secondary N) is 3. The number of hydrogen-bond donors (Lipinski definition) is 4. The van der Waals surface area contributed by atoms with Crippen molar-refractivity contribution in [2.45, 2.75) is 46.2 Å². The van der Waals surface area contributed by atoms with E-state index < -0.39 is 11.5 Å². The van der Waals surface area contributed by atoms with Gasteiger partial charge in [0, 0.05) is 31.6 Å². The van der Waals surface area contributed by atoms with Crippen molar-refractivity contribution in [2.75, 3.05) is 11.9 Å². The van der Waals surface area contributed by atoms with E-state index in [0.717, 1.165) is 37.4 Å². The van der Waals surface area contributed by atoms with Crippen LogP contribution in [0.5, 0.6) is 0 Å². The lowest BCUT2D eigenvalue weighted by Crippen LogP contribution is -2.28. The Hall–Kier alpha value is -2.94. The summed E-state index contributed by atoms with van der Waals surface area (Å²) in [6.07, 6.45) is 1.78. The molecule has 9 heteroatoms. The average Bonchev–Trinajstić information content (AvgIpc) is 2.85. The summed E-state index contributed by atoms with van der Waals surface area (Å²) < 4.78 is 1.99. The molecule has 5 N–H and O–H groups in total. The Balaban J connectivity index is 1.69. The Labute approximate surface area is 156 Å². The van der Waals surface area contributed by atoms with Gasteiger partial charge in [0.05, 0.1) is 17.1 Å². The van der Waals surface area contributed by atoms with Crippen LogP contribution in [-0.4, -0.2) is 33.1 Å². The Morgan fingerprint density at radius 2 is 2.15 bits per heavy atom. The summed E-state index contributed by atoms with van der Waals surface area (Å²) in [4.78, 5) is 38.3. The van der Waals surface area contributed by atoms with E-state index in [1.165, 1.54) is 0 Å². The number of aryl methyl sites for hydroxylation is 3. The van der Waals surface area contributed by atoms with Crippen LogP contribution in [-0.2, 0) is 24.3 Å². The van der Waals surface area contributed by atoms with E-state index in [4.69, 9.17) is 5.73 Å². The molecule has 0 unspecified atom stereocenters. The van der Waals surface area contributed by atoms with E-state index in [1.54, 1.807) is 13.8 Å². The van der Waals surface area contributed by atoms with Crippen LogP contribution in [0, 0.1) is 13.8 Å². The third-order valence-electron chi connectivity index (χ3n) is 4.72. The number of carbonyl (C=O) groups is 2. The number of pyridine rings is 1. The van der Waals surface area contributed by atoms with Gasteiger partial charge in [-0.1, -0.05) is 0 Å². The predicted octanol–water partition coefficient (Wildman–Crippen LogP) is 0.352. The van der Waals surface area contributed by atoms with E-state index in [1.807, 2.05) is 10.7 Å². The number of fused-ring (bicyclic) bond motifs is 1. The van der Waals surface area contributed by atoms with Gasteiger partial charge in [0.1, 0.15) is 5.56 Å². The van der Waals surface area contributed by atoms with Crippen molar-refractivity contribution < 1.29 is 9.59 Å². The summed E-state index contributed by atoms with van der Waals surface area (Å²) in [5, 5.41) is 10.7. The normalized spacial score (nSPS) is 13.7. The standard InChI is InChI=1S/C18H24N6O3/c1-10-15(17(19)26)18(27)21-11(2)16(10)22-14(25)5-4-12-8-13-9-20-6-3-7-24(13)23-12/h8,20H,3-7,9H2,1-2H3,(H2,19,26)(H,21,27)(H,22,25). The lowest BCUT2D eigenvalue weighted by Gasteiger charge is -2.13. The van der Waals surface area contributed by atoms with Crippen molar-refractivity contribution in [1.82, 2.24) is 20.1 Å². The first kappa shape index (κ1) is 18.8. The maximum absolute atomic E-state index is 12.4. The highest BCUT2D eigenvalue weighted by atomic mass is 16.2. The van der Waals surface area contributed by atoms with Crippen LogP contribution in [0.25, 0.3) is 0 Å². The van der Waals surface area contributed by atoms with E-state index in [-0.39, 0.29) is 17.9 Å². The Morgan fingerprint density at radius 3 is 2.89 bits per heavy atom. The molecule has 0 spiro atoms. The first-order chi connectivity index (χ1) is 12.9. The van der Waals surface area contributed by atoms with Crippen molar-refractivity contribution in [1.29, 1.82) is 0 Å². The van der Waals surface area contributed by atoms with Gasteiger partial charge in [-0.3, -0.25) is 19.1 Å². The van der Waals surface area contributed by atoms with E-state index in [9.17, 15) is 14.4 Å². The molecule has 0 radical (unpaired) electrons. The molecule has 2 aromatic heterocycles. The number of anilines is 1. The van der Waals surface area contributed by atoms with Gasteiger partial charge in [-0.15, -0.1) is 0 Å². The van der Waals surface area contributed by atoms with Gasteiger partial charge in [0.2, 0.25) is 5.91 Å². The predicted molar refractivity (Wildman–Crippen MR) is 101 cm³/mol. The second-order valence-corrected chi connectivity index (χ2v) is 6.75. The van der Waals surface area contributed by atoms with Gasteiger partial charge in [-0.05, 0) is 38.4 Å². The van der Waals surface area contributed by atoms with Gasteiger partial charge >= 0.3 is 0 Å². The molecule has 0 atom stereocenters. The SMILES string of the molecule is Cc1[nH]c(=O)c(C(N)=O)c(C)c1NC(=O)CCc1cc2n(n1)CCCNC2. The molecular formula is C18H24N6O3. The number of hydrogen-bond acceptors (Lipinski definition) is 5. The van der Waals surface area contributed by atoms with E-state index >= 15 is 0 Å². The zero-order valence-electron chi connectivity index (χ0n) is 15.5. The second-order valence-electron chi connectivity index (χ2n) is 6.75. The number of aromatic nitrogens is 3. The number of H-pyrrole nitrogens is 1. The summed E-state index contributed by atoms with van der Waals surface area (Å²) >= 11 is 0. The summed E-state index contributed by atoms with van der Waals surface area (Å²) in [6, 6.07) is 2.02. The van der Waals surface area contributed by atoms with Crippen LogP contribution in [0.3, 0.4) is 0 Å². The van der Waals surface area contributed by atoms with Gasteiger partial charge in [0.25, 0.3) is 11.5 Å². The molecule has 9 nitrogen and oxygen atoms in total. The van der Waals surface area contributed by atoms with Crippen LogP contribution in [0.15, 0.2) is 10.9 Å². The molecule has 0 aromatic carbocycles. The number of nitrogens with zero attached hydrogens (tertiary/aromatic N) is 2. The first-order valence-electron chi connectivity index (χ1n) is 8.96. The Bertz CT molecular complexity index is 920. The number of amides is 2. The van der Waals surface area contributed by atoms with Crippen LogP contribution in [0.1, 0.15) is 45.8 Å². The molecule has 144 valence electrons. The maximum Gasteiger partial charge on any atom is 0.261 e. The smallest absolute Gasteiger partial charge is 0.261 e. The number of carbonyl (C=O) groups excluding carboxylic acids is 2. The van der Waals surface area contributed by atoms with Crippen LogP contribution < -0.4 is 21.9 Å². The summed E-state index contributed by atoms with van der Waals surface area (Å²) in [7, 11) is 0. The van der Waals surface area contributed by atoms with Gasteiger partial charge in [-0.25, -0.2) is 0 Å². The third kappa shape index (κ3) is 4.08. The van der Waals surface area contributed by atoms with Gasteiger partial charge in [-0.2, -0.15) is 5.10 Å². The fraction of sp³-hybridized carbons (Fsp3) is 0.444. The molecule has 0 saturated heterocycles. The van der Waals surface area contributed by atoms with Crippen LogP contribution >= 0.6 is 0 Å². The summed E-state index contributed by atoms with van der Waals surface area (Å²) in [6.45, 7) is 5.89. The molecular weight excluding hydrogens is 348 g/mol. The molecule has 3 rings (SSSR count). The zero-order valence-corrected chi connectivity index (χ0v) is 15.5. The van der Waals surface area contributed by atoms with Crippen molar-refractivity contribution >= 4 is 17.5 Å². The molecule has 0 saturated carbocycles. The molecule has 0 bridgehead atoms. The lowest BCUT2D eigenvalue weighted by molar-refractivity contribution is -0.116. The quantitative estimate of drug-likeness (QED) is 0.601. The summed E-state index contributed by atoms with van der Waals surface area (Å²) in [5.41, 5.74) is 7.85. The highest BCUT2D eigenvalue weighted by molar-refractivity contribution is 5.98. The van der Waals surface area contributed by atoms with E-state index in [0.29, 0.717) is 23.4 Å². The maximum atomic E-state index is 12.4. The minimum absolute atomic E-state index is 0.138. The first-order valence-corrected chi connectivity index (χ1v) is 8.96. The molecule has 0 aliphatic carbocycles. The topological polar surface area (TPSA) is 135 Å². The Kier molecular flexibility index (Phi) is 5.41. The molecule has 1 aliphatic heterocycles. The number of aromatic amines is 1. The number of primary amides is 1. The monoisotopic (exact) mass is 372 g/mol. The second kappa shape index (κ2) is 7.75. The molecule has 2 amide bonds. The fourth-order valence-electron chi connectivity index (χ4n) is 3.34. The molecule has 2 aromatic rings. The molecule has 1 aliphatic rings. The number of nitrogens with two attached hydrogens (primary N) is 1. The van der Waals surface area contributed by atoms with Crippen LogP contribution in [0.4, 0.5) is 5.69 Å². The van der Waals surface area contributed by atoms with Crippen LogP contribution in [0.2, 0.25) is 0 Å². The minimum Gasteiger partial charge on any atom is -0.365 e. The zero-order chi connectivity index (χ0) is 19.6. The minimum atomic E-state index is -0.822. The van der Waals surface area contributed by atoms with Gasteiger partial charge in [0.15, 0.2) is 0 Å². The fourth-order valence-corrected chi connectivity index (χ4v) is 3.34. The van der Waals surface area contributed by atoms with Crippen molar-refractivity contribution in [3.63, 3.8) is 0 Å². The largest absolute Gasteiger partial charge is 0.365 e.